The number of hydrogen-bond acceptors (Lipinski definition) is 5. The molecule has 1 aliphatic rings. The van der Waals surface area contributed by atoms with Crippen molar-refractivity contribution in [2.24, 2.45) is 7.05 Å². The van der Waals surface area contributed by atoms with Gasteiger partial charge in [0.1, 0.15) is 0 Å². The van der Waals surface area contributed by atoms with Gasteiger partial charge in [-0.15, -0.1) is 0 Å². The summed E-state index contributed by atoms with van der Waals surface area (Å²) < 4.78 is 12.9. The zero-order valence-corrected chi connectivity index (χ0v) is 14.8. The zero-order valence-electron chi connectivity index (χ0n) is 14.8. The lowest BCUT2D eigenvalue weighted by Crippen LogP contribution is -2.05. The number of aromatic nitrogens is 3. The average Bonchev–Trinajstić information content (AvgIpc) is 3.25. The van der Waals surface area contributed by atoms with E-state index in [1.54, 1.807) is 14.2 Å². The van der Waals surface area contributed by atoms with Gasteiger partial charge in [-0.1, -0.05) is 0 Å². The van der Waals surface area contributed by atoms with Crippen LogP contribution in [-0.2, 0) is 26.4 Å². The third-order valence-corrected chi connectivity index (χ3v) is 4.72. The monoisotopic (exact) mass is 338 g/mol. The van der Waals surface area contributed by atoms with Crippen molar-refractivity contribution in [2.45, 2.75) is 25.8 Å². The van der Waals surface area contributed by atoms with Crippen LogP contribution in [0.25, 0.3) is 10.9 Å². The molecule has 2 heterocycles. The quantitative estimate of drug-likeness (QED) is 0.775. The minimum atomic E-state index is 0.681. The van der Waals surface area contributed by atoms with Crippen LogP contribution in [0.1, 0.15) is 23.4 Å². The number of aryl methyl sites for hydroxylation is 2. The number of hydrogen-bond donors (Lipinski definition) is 1. The molecule has 0 saturated carbocycles. The van der Waals surface area contributed by atoms with E-state index < -0.39 is 0 Å². The topological polar surface area (TPSA) is 61.2 Å². The summed E-state index contributed by atoms with van der Waals surface area (Å²) in [6, 6.07) is 3.97. The van der Waals surface area contributed by atoms with Crippen molar-refractivity contribution >= 4 is 16.6 Å². The lowest BCUT2D eigenvalue weighted by atomic mass is 10.1. The third kappa shape index (κ3) is 2.77. The maximum absolute atomic E-state index is 5.49. The number of rotatable bonds is 5. The van der Waals surface area contributed by atoms with Crippen LogP contribution < -0.4 is 14.8 Å². The Balaban J connectivity index is 1.82. The number of nitrogens with one attached hydrogen (secondary N) is 1. The normalized spacial score (nSPS) is 13.1. The van der Waals surface area contributed by atoms with Crippen molar-refractivity contribution in [1.82, 2.24) is 14.5 Å². The second-order valence-corrected chi connectivity index (χ2v) is 6.37. The molecule has 130 valence electrons. The molecule has 0 fully saturated rings. The van der Waals surface area contributed by atoms with Crippen LogP contribution in [0.3, 0.4) is 0 Å². The molecule has 0 saturated heterocycles. The molecule has 1 aliphatic carbocycles. The summed E-state index contributed by atoms with van der Waals surface area (Å²) in [5.74, 6) is 1.42. The number of methoxy groups -OCH3 is 2. The van der Waals surface area contributed by atoms with Crippen LogP contribution in [0, 0.1) is 0 Å². The second kappa shape index (κ2) is 6.27. The molecule has 0 radical (unpaired) electrons. The molecule has 0 spiro atoms. The Morgan fingerprint density at radius 1 is 1.16 bits per heavy atom. The summed E-state index contributed by atoms with van der Waals surface area (Å²) in [5, 5.41) is 4.66. The van der Waals surface area contributed by atoms with Crippen LogP contribution in [0.4, 0.5) is 5.69 Å². The molecule has 2 aromatic heterocycles. The van der Waals surface area contributed by atoms with Gasteiger partial charge in [0.25, 0.3) is 0 Å². The molecule has 3 aromatic rings. The predicted octanol–water partition coefficient (Wildman–Crippen LogP) is 3.09. The molecule has 1 aromatic carbocycles. The van der Waals surface area contributed by atoms with Crippen molar-refractivity contribution in [3.63, 3.8) is 0 Å². The highest BCUT2D eigenvalue weighted by atomic mass is 16.5. The van der Waals surface area contributed by atoms with Crippen LogP contribution >= 0.6 is 0 Å². The number of anilines is 1. The maximum Gasteiger partial charge on any atom is 0.162 e. The third-order valence-electron chi connectivity index (χ3n) is 4.72. The van der Waals surface area contributed by atoms with E-state index in [1.165, 1.54) is 11.3 Å². The van der Waals surface area contributed by atoms with Gasteiger partial charge in [0.15, 0.2) is 11.5 Å². The fraction of sp³-hybridized carbons (Fsp3) is 0.368. The second-order valence-electron chi connectivity index (χ2n) is 6.37. The maximum atomic E-state index is 5.49. The number of benzene rings is 1. The molecule has 0 unspecified atom stereocenters. The van der Waals surface area contributed by atoms with Crippen LogP contribution in [0.15, 0.2) is 24.7 Å². The van der Waals surface area contributed by atoms with E-state index in [0.717, 1.165) is 47.3 Å². The van der Waals surface area contributed by atoms with Crippen molar-refractivity contribution in [3.8, 4) is 11.5 Å². The minimum absolute atomic E-state index is 0.681. The summed E-state index contributed by atoms with van der Waals surface area (Å²) in [7, 11) is 5.29. The molecule has 6 heteroatoms. The smallest absolute Gasteiger partial charge is 0.162 e. The lowest BCUT2D eigenvalue weighted by molar-refractivity contribution is 0.356. The van der Waals surface area contributed by atoms with Crippen molar-refractivity contribution in [1.29, 1.82) is 0 Å². The van der Waals surface area contributed by atoms with Gasteiger partial charge < -0.3 is 19.4 Å². The number of nitrogens with zero attached hydrogens (tertiary/aromatic N) is 3. The van der Waals surface area contributed by atoms with E-state index >= 15 is 0 Å². The molecule has 0 amide bonds. The lowest BCUT2D eigenvalue weighted by Gasteiger charge is -2.16. The van der Waals surface area contributed by atoms with E-state index in [1.807, 2.05) is 36.3 Å². The highest BCUT2D eigenvalue weighted by Gasteiger charge is 2.21. The van der Waals surface area contributed by atoms with E-state index in [-0.39, 0.29) is 0 Å². The highest BCUT2D eigenvalue weighted by Crippen LogP contribution is 2.39. The van der Waals surface area contributed by atoms with Gasteiger partial charge in [0.2, 0.25) is 0 Å². The summed E-state index contributed by atoms with van der Waals surface area (Å²) in [4.78, 5) is 9.27. The SMILES string of the molecule is COc1cc2nc3c(c(NCc4cn(C)cn4)c2cc1OC)CCC3. The van der Waals surface area contributed by atoms with Crippen LogP contribution in [-0.4, -0.2) is 28.8 Å². The van der Waals surface area contributed by atoms with E-state index in [4.69, 9.17) is 14.5 Å². The first-order chi connectivity index (χ1) is 12.2. The average molecular weight is 338 g/mol. The van der Waals surface area contributed by atoms with Crippen molar-refractivity contribution in [3.05, 3.63) is 41.6 Å². The summed E-state index contributed by atoms with van der Waals surface area (Å²) >= 11 is 0. The summed E-state index contributed by atoms with van der Waals surface area (Å²) in [5.41, 5.74) is 5.59. The van der Waals surface area contributed by atoms with Gasteiger partial charge in [-0.25, -0.2) is 4.98 Å². The Hall–Kier alpha value is -2.76. The largest absolute Gasteiger partial charge is 0.493 e. The first-order valence-corrected chi connectivity index (χ1v) is 8.47. The Kier molecular flexibility index (Phi) is 3.95. The Bertz CT molecular complexity index is 933. The molecule has 1 N–H and O–H groups in total. The molecular weight excluding hydrogens is 316 g/mol. The fourth-order valence-corrected chi connectivity index (χ4v) is 3.53. The molecule has 25 heavy (non-hydrogen) atoms. The number of imidazole rings is 1. The van der Waals surface area contributed by atoms with Gasteiger partial charge in [-0.3, -0.25) is 4.98 Å². The van der Waals surface area contributed by atoms with Gasteiger partial charge in [-0.2, -0.15) is 0 Å². The van der Waals surface area contributed by atoms with Gasteiger partial charge in [0.05, 0.1) is 38.3 Å². The zero-order chi connectivity index (χ0) is 17.4. The van der Waals surface area contributed by atoms with E-state index in [2.05, 4.69) is 10.3 Å². The minimum Gasteiger partial charge on any atom is -0.493 e. The Labute approximate surface area is 146 Å². The molecule has 6 nitrogen and oxygen atoms in total. The predicted molar refractivity (Wildman–Crippen MR) is 97.4 cm³/mol. The number of pyridine rings is 1. The van der Waals surface area contributed by atoms with Gasteiger partial charge >= 0.3 is 0 Å². The van der Waals surface area contributed by atoms with Crippen molar-refractivity contribution < 1.29 is 9.47 Å². The number of ether oxygens (including phenoxy) is 2. The molecule has 0 aliphatic heterocycles. The highest BCUT2D eigenvalue weighted by molar-refractivity contribution is 5.96. The van der Waals surface area contributed by atoms with Crippen molar-refractivity contribution in [2.75, 3.05) is 19.5 Å². The summed E-state index contributed by atoms with van der Waals surface area (Å²) in [6.45, 7) is 0.681. The molecule has 4 rings (SSSR count). The molecular formula is C19H22N4O2. The number of fused-ring (bicyclic) bond motifs is 2. The van der Waals surface area contributed by atoms with Gasteiger partial charge in [0, 0.05) is 36.1 Å². The first-order valence-electron chi connectivity index (χ1n) is 8.47. The summed E-state index contributed by atoms with van der Waals surface area (Å²) in [6.07, 6.45) is 7.07. The van der Waals surface area contributed by atoms with Gasteiger partial charge in [-0.05, 0) is 30.9 Å². The van der Waals surface area contributed by atoms with E-state index in [9.17, 15) is 0 Å². The standard InChI is InChI=1S/C19H22N4O2/c1-23-10-12(21-11-23)9-20-19-13-5-4-6-15(13)22-16-8-18(25-3)17(24-2)7-14(16)19/h7-8,10-11H,4-6,9H2,1-3H3,(H,20,22). The Morgan fingerprint density at radius 2 is 1.96 bits per heavy atom. The molecule has 0 atom stereocenters. The Morgan fingerprint density at radius 3 is 2.68 bits per heavy atom. The van der Waals surface area contributed by atoms with E-state index in [0.29, 0.717) is 12.3 Å². The molecule has 0 bridgehead atoms. The first kappa shape index (κ1) is 15.7. The fourth-order valence-electron chi connectivity index (χ4n) is 3.53. The van der Waals surface area contributed by atoms with Crippen LogP contribution in [0.2, 0.25) is 0 Å². The van der Waals surface area contributed by atoms with Crippen LogP contribution in [0.5, 0.6) is 11.5 Å².